The molecule has 2 aliphatic heterocycles. The van der Waals surface area contributed by atoms with Crippen LogP contribution in [0.4, 0.5) is 11.4 Å². The van der Waals surface area contributed by atoms with Gasteiger partial charge in [0.2, 0.25) is 5.91 Å². The molecule has 21 heavy (non-hydrogen) atoms. The van der Waals surface area contributed by atoms with E-state index in [-0.39, 0.29) is 5.91 Å². The van der Waals surface area contributed by atoms with Crippen LogP contribution in [0.1, 0.15) is 31.7 Å². The number of nitrogens with one attached hydrogen (secondary N) is 1. The lowest BCUT2D eigenvalue weighted by atomic mass is 10.1. The molecule has 4 heteroatoms. The summed E-state index contributed by atoms with van der Waals surface area (Å²) in [5.41, 5.74) is 3.59. The average molecular weight is 287 g/mol. The third kappa shape index (κ3) is 3.21. The van der Waals surface area contributed by atoms with Crippen molar-refractivity contribution in [2.75, 3.05) is 36.9 Å². The number of carbonyl (C=O) groups is 1. The summed E-state index contributed by atoms with van der Waals surface area (Å²) in [7, 11) is 2.20. The highest BCUT2D eigenvalue weighted by molar-refractivity contribution is 5.94. The van der Waals surface area contributed by atoms with Gasteiger partial charge in [-0.2, -0.15) is 0 Å². The third-order valence-electron chi connectivity index (χ3n) is 4.68. The quantitative estimate of drug-likeness (QED) is 0.908. The molecule has 1 unspecified atom stereocenters. The first-order chi connectivity index (χ1) is 10.1. The largest absolute Gasteiger partial charge is 0.382 e. The van der Waals surface area contributed by atoms with Crippen molar-refractivity contribution in [3.05, 3.63) is 23.8 Å². The molecule has 0 aromatic heterocycles. The Bertz CT molecular complexity index is 529. The minimum atomic E-state index is 0.140. The summed E-state index contributed by atoms with van der Waals surface area (Å²) >= 11 is 0. The summed E-state index contributed by atoms with van der Waals surface area (Å²) in [6, 6.07) is 7.01. The molecule has 1 amide bonds. The van der Waals surface area contributed by atoms with E-state index in [1.165, 1.54) is 43.6 Å². The zero-order chi connectivity index (χ0) is 14.8. The molecule has 4 nitrogen and oxygen atoms in total. The molecule has 0 saturated carbocycles. The smallest absolute Gasteiger partial charge is 0.223 e. The van der Waals surface area contributed by atoms with E-state index in [2.05, 4.69) is 35.5 Å². The minimum Gasteiger partial charge on any atom is -0.382 e. The van der Waals surface area contributed by atoms with Gasteiger partial charge in [-0.25, -0.2) is 0 Å². The Balaban J connectivity index is 1.69. The van der Waals surface area contributed by atoms with Crippen LogP contribution < -0.4 is 10.2 Å². The van der Waals surface area contributed by atoms with E-state index in [4.69, 9.17) is 0 Å². The number of nitrogens with zero attached hydrogens (tertiary/aromatic N) is 2. The highest BCUT2D eigenvalue weighted by atomic mass is 16.2. The maximum absolute atomic E-state index is 11.6. The van der Waals surface area contributed by atoms with E-state index in [0.717, 1.165) is 18.7 Å². The Labute approximate surface area is 127 Å². The molecule has 114 valence electrons. The van der Waals surface area contributed by atoms with Crippen molar-refractivity contribution in [1.82, 2.24) is 4.90 Å². The first-order valence-corrected chi connectivity index (χ1v) is 7.99. The number of anilines is 2. The predicted molar refractivity (Wildman–Crippen MR) is 86.9 cm³/mol. The molecule has 0 radical (unpaired) electrons. The van der Waals surface area contributed by atoms with Crippen LogP contribution in [0.15, 0.2) is 18.2 Å². The molecule has 1 N–H and O–H groups in total. The topological polar surface area (TPSA) is 35.6 Å². The van der Waals surface area contributed by atoms with Gasteiger partial charge < -0.3 is 15.1 Å². The molecule has 0 spiro atoms. The molecular formula is C17H25N3O. The lowest BCUT2D eigenvalue weighted by Gasteiger charge is -2.19. The van der Waals surface area contributed by atoms with Crippen LogP contribution in [0.25, 0.3) is 0 Å². The molecule has 3 rings (SSSR count). The van der Waals surface area contributed by atoms with Crippen LogP contribution >= 0.6 is 0 Å². The number of carbonyl (C=O) groups excluding carboxylic acids is 1. The number of hydrogen-bond donors (Lipinski definition) is 1. The van der Waals surface area contributed by atoms with E-state index in [0.29, 0.717) is 6.04 Å². The monoisotopic (exact) mass is 287 g/mol. The minimum absolute atomic E-state index is 0.140. The molecule has 2 aliphatic rings. The number of fused-ring (bicyclic) bond motifs is 1. The Morgan fingerprint density at radius 3 is 2.90 bits per heavy atom. The highest BCUT2D eigenvalue weighted by Gasteiger charge is 2.22. The van der Waals surface area contributed by atoms with E-state index in [9.17, 15) is 4.79 Å². The van der Waals surface area contributed by atoms with Gasteiger partial charge >= 0.3 is 0 Å². The zero-order valence-electron chi connectivity index (χ0n) is 13.1. The van der Waals surface area contributed by atoms with E-state index < -0.39 is 0 Å². The summed E-state index contributed by atoms with van der Waals surface area (Å²) in [4.78, 5) is 15.9. The van der Waals surface area contributed by atoms with Crippen molar-refractivity contribution >= 4 is 17.3 Å². The maximum Gasteiger partial charge on any atom is 0.223 e. The van der Waals surface area contributed by atoms with Crippen molar-refractivity contribution in [1.29, 1.82) is 0 Å². The van der Waals surface area contributed by atoms with Crippen molar-refractivity contribution in [3.63, 3.8) is 0 Å². The average Bonchev–Trinajstić information content (AvgIpc) is 2.77. The Kier molecular flexibility index (Phi) is 4.15. The molecule has 1 saturated heterocycles. The summed E-state index contributed by atoms with van der Waals surface area (Å²) in [5, 5.41) is 3.69. The molecular weight excluding hydrogens is 262 g/mol. The predicted octanol–water partition coefficient (Wildman–Crippen LogP) is 2.49. The van der Waals surface area contributed by atoms with Crippen molar-refractivity contribution in [3.8, 4) is 0 Å². The molecule has 1 atom stereocenters. The second-order valence-corrected chi connectivity index (χ2v) is 6.34. The summed E-state index contributed by atoms with van der Waals surface area (Å²) < 4.78 is 0. The Morgan fingerprint density at radius 1 is 1.24 bits per heavy atom. The standard InChI is InChI=1S/C17H25N3O/c1-13(21)20-11-7-14-12-16(5-6-17(14)20)18-15-4-3-9-19(2)10-8-15/h5-6,12,15,18H,3-4,7-11H2,1-2H3. The fourth-order valence-electron chi connectivity index (χ4n) is 3.44. The van der Waals surface area contributed by atoms with Crippen molar-refractivity contribution in [2.45, 2.75) is 38.6 Å². The highest BCUT2D eigenvalue weighted by Crippen LogP contribution is 2.31. The Hall–Kier alpha value is -1.55. The van der Waals surface area contributed by atoms with Crippen LogP contribution in [-0.2, 0) is 11.2 Å². The molecule has 0 bridgehead atoms. The molecule has 2 heterocycles. The van der Waals surface area contributed by atoms with Gasteiger partial charge in [0.25, 0.3) is 0 Å². The van der Waals surface area contributed by atoms with Crippen LogP contribution in [0.5, 0.6) is 0 Å². The maximum atomic E-state index is 11.6. The second kappa shape index (κ2) is 6.06. The first-order valence-electron chi connectivity index (χ1n) is 7.99. The molecule has 0 aliphatic carbocycles. The van der Waals surface area contributed by atoms with Gasteiger partial charge in [0, 0.05) is 30.9 Å². The normalized spacial score (nSPS) is 22.8. The summed E-state index contributed by atoms with van der Waals surface area (Å²) in [6.07, 6.45) is 4.67. The lowest BCUT2D eigenvalue weighted by molar-refractivity contribution is -0.116. The molecule has 1 fully saturated rings. The zero-order valence-corrected chi connectivity index (χ0v) is 13.1. The number of likely N-dealkylation sites (tertiary alicyclic amines) is 1. The fourth-order valence-corrected chi connectivity index (χ4v) is 3.44. The van der Waals surface area contributed by atoms with Crippen molar-refractivity contribution < 1.29 is 4.79 Å². The van der Waals surface area contributed by atoms with E-state index in [1.807, 2.05) is 4.90 Å². The van der Waals surface area contributed by atoms with Crippen LogP contribution in [0.2, 0.25) is 0 Å². The van der Waals surface area contributed by atoms with Gasteiger partial charge in [-0.1, -0.05) is 0 Å². The van der Waals surface area contributed by atoms with Gasteiger partial charge in [-0.3, -0.25) is 4.79 Å². The SMILES string of the molecule is CC(=O)N1CCc2cc(NC3CCCN(C)CC3)ccc21. The van der Waals surface area contributed by atoms with E-state index >= 15 is 0 Å². The summed E-state index contributed by atoms with van der Waals surface area (Å²) in [6.45, 7) is 4.84. The van der Waals surface area contributed by atoms with Gasteiger partial charge in [0.1, 0.15) is 0 Å². The first kappa shape index (κ1) is 14.4. The number of benzene rings is 1. The Morgan fingerprint density at radius 2 is 2.10 bits per heavy atom. The van der Waals surface area contributed by atoms with Crippen LogP contribution in [-0.4, -0.2) is 43.5 Å². The van der Waals surface area contributed by atoms with Gasteiger partial charge in [0.15, 0.2) is 0 Å². The van der Waals surface area contributed by atoms with Gasteiger partial charge in [-0.05, 0) is 69.6 Å². The number of rotatable bonds is 2. The molecule has 1 aromatic rings. The second-order valence-electron chi connectivity index (χ2n) is 6.34. The number of hydrogen-bond acceptors (Lipinski definition) is 3. The third-order valence-corrected chi connectivity index (χ3v) is 4.68. The number of amides is 1. The lowest BCUT2D eigenvalue weighted by Crippen LogP contribution is -2.25. The summed E-state index contributed by atoms with van der Waals surface area (Å²) in [5.74, 6) is 0.140. The fraction of sp³-hybridized carbons (Fsp3) is 0.588. The van der Waals surface area contributed by atoms with Crippen LogP contribution in [0.3, 0.4) is 0 Å². The molecule has 1 aromatic carbocycles. The van der Waals surface area contributed by atoms with Gasteiger partial charge in [0.05, 0.1) is 0 Å². The van der Waals surface area contributed by atoms with E-state index in [1.54, 1.807) is 6.92 Å². The van der Waals surface area contributed by atoms with Crippen molar-refractivity contribution in [2.24, 2.45) is 0 Å². The van der Waals surface area contributed by atoms with Gasteiger partial charge in [-0.15, -0.1) is 0 Å². The van der Waals surface area contributed by atoms with Crippen LogP contribution in [0, 0.1) is 0 Å².